The van der Waals surface area contributed by atoms with E-state index >= 15 is 0 Å². The molecular weight excluding hydrogens is 436 g/mol. The first kappa shape index (κ1) is 22.1. The lowest BCUT2D eigenvalue weighted by Crippen LogP contribution is -2.50. The molecule has 4 rings (SSSR count). The number of fused-ring (bicyclic) bond motifs is 1. The van der Waals surface area contributed by atoms with Crippen LogP contribution in [0.1, 0.15) is 39.4 Å². The van der Waals surface area contributed by atoms with Crippen molar-refractivity contribution < 1.29 is 22.7 Å². The van der Waals surface area contributed by atoms with Gasteiger partial charge in [-0.25, -0.2) is 8.42 Å². The molecule has 0 radical (unpaired) electrons. The van der Waals surface area contributed by atoms with E-state index in [1.54, 1.807) is 28.4 Å². The van der Waals surface area contributed by atoms with Crippen molar-refractivity contribution in [3.05, 3.63) is 39.6 Å². The molecule has 1 aromatic carbocycles. The number of nitrogens with zero attached hydrogens (tertiary/aromatic N) is 2. The zero-order valence-electron chi connectivity index (χ0n) is 17.9. The quantitative estimate of drug-likeness (QED) is 0.636. The molecule has 2 aliphatic rings. The van der Waals surface area contributed by atoms with Gasteiger partial charge < -0.3 is 14.4 Å². The summed E-state index contributed by atoms with van der Waals surface area (Å²) in [6.07, 6.45) is 5.72. The van der Waals surface area contributed by atoms with Crippen LogP contribution in [0.4, 0.5) is 0 Å². The van der Waals surface area contributed by atoms with Gasteiger partial charge in [-0.05, 0) is 49.4 Å². The smallest absolute Gasteiger partial charge is 0.264 e. The number of piperazine rings is 1. The number of carbonyl (C=O) groups excluding carboxylic acids is 1. The average Bonchev–Trinajstić information content (AvgIpc) is 3.08. The number of hydrogen-bond donors (Lipinski definition) is 0. The van der Waals surface area contributed by atoms with Crippen LogP contribution in [0.5, 0.6) is 11.5 Å². The van der Waals surface area contributed by atoms with Crippen LogP contribution in [0, 0.1) is 0 Å². The maximum absolute atomic E-state index is 13.2. The SMILES string of the molecule is COc1ccc(OC)c(S(=O)(=O)N2CCN(C(=O)c3cc4c(s3)CCCCC4)CC2)c1. The summed E-state index contributed by atoms with van der Waals surface area (Å²) in [6.45, 7) is 1.24. The fraction of sp³-hybridized carbons (Fsp3) is 0.500. The zero-order chi connectivity index (χ0) is 22.0. The monoisotopic (exact) mass is 464 g/mol. The summed E-state index contributed by atoms with van der Waals surface area (Å²) in [4.78, 5) is 17.0. The summed E-state index contributed by atoms with van der Waals surface area (Å²) in [7, 11) is -0.827. The highest BCUT2D eigenvalue weighted by Crippen LogP contribution is 2.32. The molecule has 1 saturated heterocycles. The highest BCUT2D eigenvalue weighted by molar-refractivity contribution is 7.89. The van der Waals surface area contributed by atoms with Crippen LogP contribution in [0.15, 0.2) is 29.2 Å². The number of benzene rings is 1. The fourth-order valence-electron chi connectivity index (χ4n) is 4.18. The summed E-state index contributed by atoms with van der Waals surface area (Å²) < 4.78 is 38.3. The fourth-order valence-corrected chi connectivity index (χ4v) is 7.00. The standard InChI is InChI=1S/C22H28N2O5S2/c1-28-17-8-9-18(29-2)21(15-17)31(26,27)24-12-10-23(11-13-24)22(25)20-14-16-6-4-3-5-7-19(16)30-20/h8-9,14-15H,3-7,10-13H2,1-2H3. The first-order valence-electron chi connectivity index (χ1n) is 10.6. The van der Waals surface area contributed by atoms with Gasteiger partial charge in [0.15, 0.2) is 0 Å². The van der Waals surface area contributed by atoms with Crippen LogP contribution < -0.4 is 9.47 Å². The third-order valence-corrected chi connectivity index (χ3v) is 9.12. The Hall–Kier alpha value is -2.10. The highest BCUT2D eigenvalue weighted by Gasteiger charge is 2.33. The average molecular weight is 465 g/mol. The van der Waals surface area contributed by atoms with E-state index in [0.29, 0.717) is 18.8 Å². The predicted molar refractivity (Wildman–Crippen MR) is 120 cm³/mol. The van der Waals surface area contributed by atoms with Crippen molar-refractivity contribution >= 4 is 27.3 Å². The Labute approximate surface area is 187 Å². The largest absolute Gasteiger partial charge is 0.497 e. The van der Waals surface area contributed by atoms with Crippen molar-refractivity contribution in [1.82, 2.24) is 9.21 Å². The number of thiophene rings is 1. The van der Waals surface area contributed by atoms with E-state index < -0.39 is 10.0 Å². The minimum absolute atomic E-state index is 0.00841. The van der Waals surface area contributed by atoms with Crippen molar-refractivity contribution in [1.29, 1.82) is 0 Å². The van der Waals surface area contributed by atoms with E-state index in [9.17, 15) is 13.2 Å². The molecular formula is C22H28N2O5S2. The molecule has 0 saturated carbocycles. The van der Waals surface area contributed by atoms with Gasteiger partial charge in [-0.2, -0.15) is 4.31 Å². The van der Waals surface area contributed by atoms with Crippen molar-refractivity contribution in [2.24, 2.45) is 0 Å². The highest BCUT2D eigenvalue weighted by atomic mass is 32.2. The van der Waals surface area contributed by atoms with Crippen LogP contribution >= 0.6 is 11.3 Å². The van der Waals surface area contributed by atoms with Gasteiger partial charge in [-0.3, -0.25) is 4.79 Å². The number of ether oxygens (including phenoxy) is 2. The molecule has 1 aliphatic carbocycles. The van der Waals surface area contributed by atoms with Gasteiger partial charge in [0, 0.05) is 37.1 Å². The van der Waals surface area contributed by atoms with Gasteiger partial charge in [0.1, 0.15) is 16.4 Å². The molecule has 1 aliphatic heterocycles. The Balaban J connectivity index is 1.47. The summed E-state index contributed by atoms with van der Waals surface area (Å²) in [5.41, 5.74) is 1.32. The predicted octanol–water partition coefficient (Wildman–Crippen LogP) is 3.18. The number of sulfonamides is 1. The lowest BCUT2D eigenvalue weighted by molar-refractivity contribution is 0.0702. The lowest BCUT2D eigenvalue weighted by Gasteiger charge is -2.34. The number of rotatable bonds is 5. The second-order valence-electron chi connectivity index (χ2n) is 7.83. The van der Waals surface area contributed by atoms with E-state index in [0.717, 1.165) is 17.7 Å². The molecule has 0 unspecified atom stereocenters. The van der Waals surface area contributed by atoms with Gasteiger partial charge in [0.25, 0.3) is 5.91 Å². The van der Waals surface area contributed by atoms with Crippen molar-refractivity contribution in [2.75, 3.05) is 40.4 Å². The van der Waals surface area contributed by atoms with E-state index in [-0.39, 0.29) is 29.6 Å². The number of hydrogen-bond acceptors (Lipinski definition) is 6. The topological polar surface area (TPSA) is 76.2 Å². The summed E-state index contributed by atoms with van der Waals surface area (Å²) in [5, 5.41) is 0. The first-order valence-corrected chi connectivity index (χ1v) is 12.8. The molecule has 1 fully saturated rings. The second kappa shape index (κ2) is 9.18. The number of carbonyl (C=O) groups is 1. The third kappa shape index (κ3) is 4.44. The van der Waals surface area contributed by atoms with Gasteiger partial charge in [-0.15, -0.1) is 11.3 Å². The van der Waals surface area contributed by atoms with E-state index in [1.165, 1.54) is 54.3 Å². The maximum atomic E-state index is 13.2. The number of amides is 1. The minimum Gasteiger partial charge on any atom is -0.497 e. The van der Waals surface area contributed by atoms with Gasteiger partial charge in [0.2, 0.25) is 10.0 Å². The molecule has 9 heteroatoms. The van der Waals surface area contributed by atoms with E-state index in [4.69, 9.17) is 9.47 Å². The van der Waals surface area contributed by atoms with E-state index in [1.807, 2.05) is 0 Å². The van der Waals surface area contributed by atoms with Crippen LogP contribution in [0.3, 0.4) is 0 Å². The summed E-state index contributed by atoms with van der Waals surface area (Å²) >= 11 is 1.61. The van der Waals surface area contributed by atoms with Crippen LogP contribution in [-0.2, 0) is 22.9 Å². The van der Waals surface area contributed by atoms with Crippen molar-refractivity contribution in [3.8, 4) is 11.5 Å². The Morgan fingerprint density at radius 2 is 1.71 bits per heavy atom. The van der Waals surface area contributed by atoms with Crippen molar-refractivity contribution in [3.63, 3.8) is 0 Å². The van der Waals surface area contributed by atoms with E-state index in [2.05, 4.69) is 6.07 Å². The second-order valence-corrected chi connectivity index (χ2v) is 10.9. The molecule has 31 heavy (non-hydrogen) atoms. The molecule has 0 atom stereocenters. The summed E-state index contributed by atoms with van der Waals surface area (Å²) in [6, 6.07) is 6.78. The molecule has 168 valence electrons. The molecule has 2 heterocycles. The maximum Gasteiger partial charge on any atom is 0.264 e. The zero-order valence-corrected chi connectivity index (χ0v) is 19.6. The number of methoxy groups -OCH3 is 2. The minimum atomic E-state index is -3.76. The third-order valence-electron chi connectivity index (χ3n) is 5.97. The van der Waals surface area contributed by atoms with Gasteiger partial charge >= 0.3 is 0 Å². The van der Waals surface area contributed by atoms with Crippen LogP contribution in [-0.4, -0.2) is 63.9 Å². The van der Waals surface area contributed by atoms with Crippen LogP contribution in [0.25, 0.3) is 0 Å². The molecule has 0 spiro atoms. The molecule has 7 nitrogen and oxygen atoms in total. The molecule has 0 N–H and O–H groups in total. The first-order chi connectivity index (χ1) is 14.9. The Bertz CT molecular complexity index is 1030. The van der Waals surface area contributed by atoms with Crippen molar-refractivity contribution in [2.45, 2.75) is 37.0 Å². The van der Waals surface area contributed by atoms with Gasteiger partial charge in [0.05, 0.1) is 19.1 Å². The molecule has 2 aromatic rings. The molecule has 0 bridgehead atoms. The molecule has 1 aromatic heterocycles. The lowest BCUT2D eigenvalue weighted by atomic mass is 10.1. The Kier molecular flexibility index (Phi) is 6.55. The molecule has 1 amide bonds. The number of aryl methyl sites for hydroxylation is 2. The normalized spacial score (nSPS) is 17.7. The Morgan fingerprint density at radius 1 is 0.968 bits per heavy atom. The Morgan fingerprint density at radius 3 is 2.42 bits per heavy atom. The van der Waals surface area contributed by atoms with Gasteiger partial charge in [-0.1, -0.05) is 6.42 Å². The van der Waals surface area contributed by atoms with Crippen LogP contribution in [0.2, 0.25) is 0 Å². The summed E-state index contributed by atoms with van der Waals surface area (Å²) in [5.74, 6) is 0.735.